The molecular weight excluding hydrogens is 832 g/mol. The minimum Gasteiger partial charge on any atom is -0.487 e. The largest absolute Gasteiger partial charge is 0.487 e. The van der Waals surface area contributed by atoms with Crippen LogP contribution in [0.1, 0.15) is 78.9 Å². The smallest absolute Gasteiger partial charge is 0.269 e. The van der Waals surface area contributed by atoms with Gasteiger partial charge in [0.15, 0.2) is 0 Å². The van der Waals surface area contributed by atoms with Crippen LogP contribution in [0.4, 0.5) is 10.1 Å². The van der Waals surface area contributed by atoms with Gasteiger partial charge in [0.2, 0.25) is 11.7 Å². The summed E-state index contributed by atoms with van der Waals surface area (Å²) in [6.45, 7) is 6.41. The average molecular weight is 889 g/mol. The van der Waals surface area contributed by atoms with Crippen molar-refractivity contribution in [2.24, 2.45) is 22.9 Å². The maximum Gasteiger partial charge on any atom is 0.269 e. The van der Waals surface area contributed by atoms with Crippen molar-refractivity contribution in [3.8, 4) is 11.5 Å². The quantitative estimate of drug-likeness (QED) is 0.0271. The number of carbonyl (C=O) groups excluding carboxylic acids is 1. The van der Waals surface area contributed by atoms with Crippen LogP contribution in [-0.4, -0.2) is 75.4 Å². The number of allylic oxidation sites excluding steroid dienone is 1. The maximum atomic E-state index is 15.0. The van der Waals surface area contributed by atoms with Crippen molar-refractivity contribution in [2.45, 2.75) is 82.8 Å². The number of non-ortho nitro benzene ring substituents is 1. The second kappa shape index (κ2) is 21.6. The second-order valence-corrected chi connectivity index (χ2v) is 16.8. The molecule has 4 aromatic rings. The first-order chi connectivity index (χ1) is 31.6. The Bertz CT molecular complexity index is 2390. The summed E-state index contributed by atoms with van der Waals surface area (Å²) in [5.74, 6) is -2.03. The number of unbranched alkanes of at least 4 members (excludes halogenated alkanes) is 2. The van der Waals surface area contributed by atoms with E-state index in [9.17, 15) is 29.5 Å². The molecule has 0 saturated heterocycles. The number of rotatable bonds is 21. The Kier molecular flexibility index (Phi) is 15.6. The van der Waals surface area contributed by atoms with Crippen LogP contribution in [0.15, 0.2) is 120 Å². The van der Waals surface area contributed by atoms with Gasteiger partial charge >= 0.3 is 0 Å². The number of nitrogens with zero attached hydrogens (tertiary/aromatic N) is 4. The molecule has 2 aliphatic carbocycles. The van der Waals surface area contributed by atoms with Gasteiger partial charge in [-0.3, -0.25) is 19.9 Å². The lowest BCUT2D eigenvalue weighted by molar-refractivity contribution is -0.384. The van der Waals surface area contributed by atoms with E-state index < -0.39 is 34.4 Å². The third-order valence-corrected chi connectivity index (χ3v) is 12.6. The molecule has 0 radical (unpaired) electrons. The number of pyridine rings is 1. The molecule has 0 unspecified atom stereocenters. The molecule has 14 heteroatoms. The monoisotopic (exact) mass is 888 g/mol. The fourth-order valence-electron chi connectivity index (χ4n) is 9.78. The highest BCUT2D eigenvalue weighted by molar-refractivity contribution is 6.03. The van der Waals surface area contributed by atoms with E-state index in [-0.39, 0.29) is 62.8 Å². The van der Waals surface area contributed by atoms with Crippen LogP contribution in [0.2, 0.25) is 0 Å². The highest BCUT2D eigenvalue weighted by atomic mass is 19.1. The van der Waals surface area contributed by atoms with Crippen molar-refractivity contribution in [1.82, 2.24) is 9.88 Å². The van der Waals surface area contributed by atoms with E-state index in [0.717, 1.165) is 48.2 Å². The Balaban J connectivity index is 1.41. The number of nitro groups is 1. The number of halogens is 1. The summed E-state index contributed by atoms with van der Waals surface area (Å²) in [5, 5.41) is 35.9. The van der Waals surface area contributed by atoms with Gasteiger partial charge in [-0.1, -0.05) is 48.3 Å². The lowest BCUT2D eigenvalue weighted by atomic mass is 9.55. The zero-order chi connectivity index (χ0) is 45.9. The average Bonchev–Trinajstić information content (AvgIpc) is 3.31. The van der Waals surface area contributed by atoms with Gasteiger partial charge < -0.3 is 34.2 Å². The Morgan fingerprint density at radius 1 is 1.05 bits per heavy atom. The number of carbonyl (C=O) groups is 1. The summed E-state index contributed by atoms with van der Waals surface area (Å²) in [7, 11) is 1.49. The number of fused-ring (bicyclic) bond motifs is 2. The van der Waals surface area contributed by atoms with Crippen molar-refractivity contribution in [3.05, 3.63) is 159 Å². The van der Waals surface area contributed by atoms with Gasteiger partial charge in [0.1, 0.15) is 37.1 Å². The Hall–Kier alpha value is -6.22. The maximum absolute atomic E-state index is 15.0. The summed E-state index contributed by atoms with van der Waals surface area (Å²) in [6, 6.07) is 22.6. The van der Waals surface area contributed by atoms with Gasteiger partial charge in [0, 0.05) is 61.6 Å². The summed E-state index contributed by atoms with van der Waals surface area (Å²) in [4.78, 5) is 37.8. The topological polar surface area (TPSA) is 166 Å². The molecule has 6 atom stereocenters. The van der Waals surface area contributed by atoms with Crippen LogP contribution in [0.25, 0.3) is 6.08 Å². The van der Waals surface area contributed by atoms with Crippen molar-refractivity contribution < 1.29 is 43.4 Å². The van der Waals surface area contributed by atoms with Gasteiger partial charge in [-0.25, -0.2) is 4.39 Å². The molecule has 1 amide bonds. The minimum atomic E-state index is -1.54. The van der Waals surface area contributed by atoms with E-state index in [0.29, 0.717) is 41.2 Å². The van der Waals surface area contributed by atoms with Gasteiger partial charge in [-0.05, 0) is 122 Å². The van der Waals surface area contributed by atoms with E-state index in [1.807, 2.05) is 43.3 Å². The fourth-order valence-corrected chi connectivity index (χ4v) is 9.78. The SMILES string of the molecule is C=CCO[C@@]12Oc3ccc(OCc4cccc(C)n4)cc3[C@H]3[C@H](CCCCO)[C@@H](CCCCO)C=C(C(=NOC)C[C@@H]1N(Cc1ccc(F)cc1)C(=O)C=Cc1ccc([N+](=O)[O-])cc1)[C@H]32. The van der Waals surface area contributed by atoms with Crippen LogP contribution in [-0.2, 0) is 27.5 Å². The lowest BCUT2D eigenvalue weighted by Gasteiger charge is -2.60. The molecule has 2 N–H and O–H groups in total. The second-order valence-electron chi connectivity index (χ2n) is 16.8. The van der Waals surface area contributed by atoms with E-state index >= 15 is 0 Å². The number of aryl methyl sites for hydroxylation is 1. The third kappa shape index (κ3) is 10.7. The third-order valence-electron chi connectivity index (χ3n) is 12.6. The standard InChI is InChI=1S/C51H57FN4O9/c1-4-28-64-51-47(55(32-36-14-19-38(52)20-15-36)48(59)25-18-35-16-21-40(22-17-35)56(60)61)31-45(54-62-3)43-29-37(11-5-7-26-57)42(13-6-8-27-58)49(50(43)51)44-30-41(23-24-46(44)65-51)63-33-39-12-9-10-34(2)53-39/h4,9-10,12,14-25,29-30,37,42,47,49-50,57-58H,1,5-8,11,13,26-28,31-33H2,2-3H3/t37-,42+,47-,49+,50+,51+/m0/s1. The number of nitro benzene ring substituents is 1. The van der Waals surface area contributed by atoms with Gasteiger partial charge in [-0.15, -0.1) is 6.58 Å². The van der Waals surface area contributed by atoms with Gasteiger partial charge in [-0.2, -0.15) is 0 Å². The molecule has 3 aliphatic rings. The van der Waals surface area contributed by atoms with E-state index in [2.05, 4.69) is 22.8 Å². The molecular formula is C51H57FN4O9. The van der Waals surface area contributed by atoms with Crippen molar-refractivity contribution >= 4 is 23.4 Å². The summed E-state index contributed by atoms with van der Waals surface area (Å²) >= 11 is 0. The van der Waals surface area contributed by atoms with Crippen LogP contribution < -0.4 is 9.47 Å². The summed E-state index contributed by atoms with van der Waals surface area (Å²) < 4.78 is 35.2. The Morgan fingerprint density at radius 3 is 2.49 bits per heavy atom. The Labute approximate surface area is 379 Å². The number of aromatic nitrogens is 1. The number of hydrogen-bond donors (Lipinski definition) is 2. The van der Waals surface area contributed by atoms with Crippen LogP contribution in [0.5, 0.6) is 11.5 Å². The summed E-state index contributed by atoms with van der Waals surface area (Å²) in [5.41, 5.74) is 5.22. The number of benzene rings is 3. The molecule has 342 valence electrons. The predicted octanol–water partition coefficient (Wildman–Crippen LogP) is 9.02. The Morgan fingerprint density at radius 2 is 1.80 bits per heavy atom. The number of aliphatic hydroxyl groups is 2. The molecule has 3 aromatic carbocycles. The molecule has 7 rings (SSSR count). The molecule has 13 nitrogen and oxygen atoms in total. The molecule has 0 spiro atoms. The lowest BCUT2D eigenvalue weighted by Crippen LogP contribution is -2.70. The molecule has 65 heavy (non-hydrogen) atoms. The summed E-state index contributed by atoms with van der Waals surface area (Å²) in [6.07, 6.45) is 11.4. The van der Waals surface area contributed by atoms with Crippen molar-refractivity contribution in [1.29, 1.82) is 0 Å². The number of amides is 1. The van der Waals surface area contributed by atoms with Crippen molar-refractivity contribution in [3.63, 3.8) is 0 Å². The first-order valence-corrected chi connectivity index (χ1v) is 22.2. The number of hydrogen-bond acceptors (Lipinski definition) is 11. The molecule has 0 bridgehead atoms. The van der Waals surface area contributed by atoms with E-state index in [1.54, 1.807) is 41.3 Å². The number of oxime groups is 1. The van der Waals surface area contributed by atoms with Gasteiger partial charge in [0.05, 0.1) is 28.9 Å². The zero-order valence-electron chi connectivity index (χ0n) is 36.9. The highest BCUT2D eigenvalue weighted by Crippen LogP contribution is 2.62. The first-order valence-electron chi connectivity index (χ1n) is 22.2. The first kappa shape index (κ1) is 46.8. The van der Waals surface area contributed by atoms with E-state index in [4.69, 9.17) is 19.0 Å². The molecule has 1 saturated carbocycles. The zero-order valence-corrected chi connectivity index (χ0v) is 36.9. The molecule has 1 aromatic heterocycles. The number of ether oxygens (including phenoxy) is 3. The predicted molar refractivity (Wildman–Crippen MR) is 244 cm³/mol. The van der Waals surface area contributed by atoms with Crippen LogP contribution in [0.3, 0.4) is 0 Å². The normalized spacial score (nSPS) is 22.6. The minimum absolute atomic E-state index is 0.0112. The highest BCUT2D eigenvalue weighted by Gasteiger charge is 2.65. The van der Waals surface area contributed by atoms with Gasteiger partial charge in [0.25, 0.3) is 5.69 Å². The van der Waals surface area contributed by atoms with E-state index in [1.165, 1.54) is 37.5 Å². The van der Waals surface area contributed by atoms with Crippen molar-refractivity contribution in [2.75, 3.05) is 26.9 Å². The van der Waals surface area contributed by atoms with Crippen LogP contribution in [0, 0.1) is 40.6 Å². The van der Waals surface area contributed by atoms with Crippen LogP contribution >= 0.6 is 0 Å². The molecule has 2 heterocycles. The number of aliphatic hydroxyl groups excluding tert-OH is 2. The fraction of sp³-hybridized carbons (Fsp3) is 0.392. The molecule has 1 aliphatic heterocycles. The molecule has 1 fully saturated rings.